The van der Waals surface area contributed by atoms with E-state index in [1.165, 1.54) is 32.4 Å². The highest BCUT2D eigenvalue weighted by Gasteiger charge is 2.27. The zero-order valence-corrected chi connectivity index (χ0v) is 10.7. The molecule has 16 heavy (non-hydrogen) atoms. The Morgan fingerprint density at radius 2 is 2.31 bits per heavy atom. The largest absolute Gasteiger partial charge is 0.376 e. The van der Waals surface area contributed by atoms with Gasteiger partial charge < -0.3 is 15.0 Å². The standard InChI is InChI=1S/C13H26N2O/c1-11(2)13-4-3-7-15(13)8-5-12-10-14-6-9-16-12/h11-14H,3-10H2,1-2H3. The van der Waals surface area contributed by atoms with Crippen molar-refractivity contribution in [3.63, 3.8) is 0 Å². The summed E-state index contributed by atoms with van der Waals surface area (Å²) in [7, 11) is 0. The number of hydrogen-bond donors (Lipinski definition) is 1. The number of morpholine rings is 1. The Labute approximate surface area is 99.5 Å². The van der Waals surface area contributed by atoms with Crippen molar-refractivity contribution in [3.05, 3.63) is 0 Å². The van der Waals surface area contributed by atoms with E-state index in [0.29, 0.717) is 6.10 Å². The second kappa shape index (κ2) is 5.99. The molecule has 2 fully saturated rings. The van der Waals surface area contributed by atoms with Crippen LogP contribution in [-0.2, 0) is 4.74 Å². The van der Waals surface area contributed by atoms with Crippen molar-refractivity contribution in [2.75, 3.05) is 32.8 Å². The molecule has 0 aliphatic carbocycles. The third-order valence-electron chi connectivity index (χ3n) is 3.93. The maximum Gasteiger partial charge on any atom is 0.0712 e. The van der Waals surface area contributed by atoms with Crippen LogP contribution in [0.1, 0.15) is 33.1 Å². The SMILES string of the molecule is CC(C)C1CCCN1CCC1CNCCO1. The van der Waals surface area contributed by atoms with Crippen molar-refractivity contribution < 1.29 is 4.74 Å². The van der Waals surface area contributed by atoms with E-state index in [4.69, 9.17) is 4.74 Å². The molecule has 94 valence electrons. The van der Waals surface area contributed by atoms with Gasteiger partial charge >= 0.3 is 0 Å². The van der Waals surface area contributed by atoms with Gasteiger partial charge in [-0.2, -0.15) is 0 Å². The smallest absolute Gasteiger partial charge is 0.0712 e. The van der Waals surface area contributed by atoms with Crippen LogP contribution < -0.4 is 5.32 Å². The fourth-order valence-electron chi connectivity index (χ4n) is 3.00. The summed E-state index contributed by atoms with van der Waals surface area (Å²) < 4.78 is 5.74. The van der Waals surface area contributed by atoms with E-state index in [-0.39, 0.29) is 0 Å². The fourth-order valence-corrected chi connectivity index (χ4v) is 3.00. The number of hydrogen-bond acceptors (Lipinski definition) is 3. The Hall–Kier alpha value is -0.120. The first-order valence-electron chi connectivity index (χ1n) is 6.83. The zero-order chi connectivity index (χ0) is 11.4. The summed E-state index contributed by atoms with van der Waals surface area (Å²) in [5, 5.41) is 3.40. The first-order chi connectivity index (χ1) is 7.77. The van der Waals surface area contributed by atoms with Crippen molar-refractivity contribution in [1.29, 1.82) is 0 Å². The Kier molecular flexibility index (Phi) is 4.62. The Balaban J connectivity index is 1.71. The average molecular weight is 226 g/mol. The lowest BCUT2D eigenvalue weighted by molar-refractivity contribution is 0.0154. The highest BCUT2D eigenvalue weighted by molar-refractivity contribution is 4.82. The van der Waals surface area contributed by atoms with Gasteiger partial charge in [-0.3, -0.25) is 0 Å². The van der Waals surface area contributed by atoms with Crippen LogP contribution in [0.25, 0.3) is 0 Å². The molecule has 2 aliphatic heterocycles. The number of likely N-dealkylation sites (tertiary alicyclic amines) is 1. The minimum absolute atomic E-state index is 0.446. The van der Waals surface area contributed by atoms with Crippen molar-refractivity contribution in [2.24, 2.45) is 5.92 Å². The summed E-state index contributed by atoms with van der Waals surface area (Å²) >= 11 is 0. The van der Waals surface area contributed by atoms with Crippen LogP contribution in [0.3, 0.4) is 0 Å². The highest BCUT2D eigenvalue weighted by atomic mass is 16.5. The quantitative estimate of drug-likeness (QED) is 0.786. The van der Waals surface area contributed by atoms with E-state index in [9.17, 15) is 0 Å². The third kappa shape index (κ3) is 3.19. The van der Waals surface area contributed by atoms with E-state index < -0.39 is 0 Å². The summed E-state index contributed by atoms with van der Waals surface area (Å²) in [6, 6.07) is 0.816. The van der Waals surface area contributed by atoms with Gasteiger partial charge in [-0.05, 0) is 31.7 Å². The Bertz CT molecular complexity index is 202. The number of rotatable bonds is 4. The lowest BCUT2D eigenvalue weighted by Crippen LogP contribution is -2.42. The predicted octanol–water partition coefficient (Wildman–Crippen LogP) is 1.49. The van der Waals surface area contributed by atoms with E-state index in [0.717, 1.165) is 31.7 Å². The van der Waals surface area contributed by atoms with Crippen LogP contribution >= 0.6 is 0 Å². The van der Waals surface area contributed by atoms with Crippen LogP contribution in [0.15, 0.2) is 0 Å². The van der Waals surface area contributed by atoms with Gasteiger partial charge in [-0.15, -0.1) is 0 Å². The molecule has 2 aliphatic rings. The molecule has 0 amide bonds. The summed E-state index contributed by atoms with van der Waals surface area (Å²) in [5.74, 6) is 0.799. The maximum absolute atomic E-state index is 5.74. The summed E-state index contributed by atoms with van der Waals surface area (Å²) in [4.78, 5) is 2.67. The first kappa shape index (κ1) is 12.3. The van der Waals surface area contributed by atoms with Crippen molar-refractivity contribution in [1.82, 2.24) is 10.2 Å². The van der Waals surface area contributed by atoms with Gasteiger partial charge in [-0.1, -0.05) is 13.8 Å². The molecule has 0 spiro atoms. The van der Waals surface area contributed by atoms with Crippen LogP contribution in [0.5, 0.6) is 0 Å². The van der Waals surface area contributed by atoms with Gasteiger partial charge in [0.15, 0.2) is 0 Å². The molecule has 2 atom stereocenters. The molecule has 0 aromatic carbocycles. The van der Waals surface area contributed by atoms with Crippen LogP contribution in [0.2, 0.25) is 0 Å². The summed E-state index contributed by atoms with van der Waals surface area (Å²) in [5.41, 5.74) is 0. The molecule has 3 heteroatoms. The molecule has 0 radical (unpaired) electrons. The minimum Gasteiger partial charge on any atom is -0.376 e. The van der Waals surface area contributed by atoms with E-state index in [1.807, 2.05) is 0 Å². The number of nitrogens with zero attached hydrogens (tertiary/aromatic N) is 1. The molecule has 2 rings (SSSR count). The van der Waals surface area contributed by atoms with E-state index in [2.05, 4.69) is 24.1 Å². The van der Waals surface area contributed by atoms with Crippen LogP contribution in [-0.4, -0.2) is 49.8 Å². The molecule has 3 nitrogen and oxygen atoms in total. The molecular weight excluding hydrogens is 200 g/mol. The maximum atomic E-state index is 5.74. The van der Waals surface area contributed by atoms with Crippen molar-refractivity contribution in [2.45, 2.75) is 45.3 Å². The Morgan fingerprint density at radius 1 is 1.44 bits per heavy atom. The molecule has 2 unspecified atom stereocenters. The molecule has 0 aromatic heterocycles. The molecule has 2 saturated heterocycles. The van der Waals surface area contributed by atoms with Gasteiger partial charge in [0.05, 0.1) is 12.7 Å². The zero-order valence-electron chi connectivity index (χ0n) is 10.7. The van der Waals surface area contributed by atoms with Gasteiger partial charge in [-0.25, -0.2) is 0 Å². The summed E-state index contributed by atoms with van der Waals surface area (Å²) in [6.07, 6.45) is 4.41. The van der Waals surface area contributed by atoms with Gasteiger partial charge in [0.2, 0.25) is 0 Å². The summed E-state index contributed by atoms with van der Waals surface area (Å²) in [6.45, 7) is 10.2. The number of ether oxygens (including phenoxy) is 1. The van der Waals surface area contributed by atoms with Gasteiger partial charge in [0.25, 0.3) is 0 Å². The monoisotopic (exact) mass is 226 g/mol. The predicted molar refractivity (Wildman–Crippen MR) is 66.7 cm³/mol. The first-order valence-corrected chi connectivity index (χ1v) is 6.83. The molecule has 2 heterocycles. The normalized spacial score (nSPS) is 32.4. The molecule has 0 saturated carbocycles. The highest BCUT2D eigenvalue weighted by Crippen LogP contribution is 2.24. The van der Waals surface area contributed by atoms with Crippen molar-refractivity contribution >= 4 is 0 Å². The molecule has 0 bridgehead atoms. The van der Waals surface area contributed by atoms with Crippen molar-refractivity contribution in [3.8, 4) is 0 Å². The van der Waals surface area contributed by atoms with Gasteiger partial charge in [0.1, 0.15) is 0 Å². The van der Waals surface area contributed by atoms with Crippen LogP contribution in [0.4, 0.5) is 0 Å². The van der Waals surface area contributed by atoms with Crippen LogP contribution in [0, 0.1) is 5.92 Å². The fraction of sp³-hybridized carbons (Fsp3) is 1.00. The lowest BCUT2D eigenvalue weighted by Gasteiger charge is -2.30. The third-order valence-corrected chi connectivity index (χ3v) is 3.93. The second-order valence-corrected chi connectivity index (χ2v) is 5.48. The molecule has 0 aromatic rings. The average Bonchev–Trinajstić information content (AvgIpc) is 2.76. The number of nitrogens with one attached hydrogen (secondary N) is 1. The second-order valence-electron chi connectivity index (χ2n) is 5.48. The lowest BCUT2D eigenvalue weighted by atomic mass is 10.0. The topological polar surface area (TPSA) is 24.5 Å². The Morgan fingerprint density at radius 3 is 3.00 bits per heavy atom. The molecule has 1 N–H and O–H groups in total. The molecular formula is C13H26N2O. The van der Waals surface area contributed by atoms with E-state index in [1.54, 1.807) is 0 Å². The van der Waals surface area contributed by atoms with Gasteiger partial charge in [0, 0.05) is 25.7 Å². The van der Waals surface area contributed by atoms with E-state index >= 15 is 0 Å². The minimum atomic E-state index is 0.446.